The van der Waals surface area contributed by atoms with Gasteiger partial charge in [0.1, 0.15) is 6.04 Å². The highest BCUT2D eigenvalue weighted by molar-refractivity contribution is 5.81. The fraction of sp³-hybridized carbons (Fsp3) is 0.889. The maximum absolute atomic E-state index is 12.3. The Morgan fingerprint density at radius 1 is 0.913 bits per heavy atom. The van der Waals surface area contributed by atoms with Crippen LogP contribution in [0.4, 0.5) is 4.79 Å². The number of amides is 1. The van der Waals surface area contributed by atoms with Crippen molar-refractivity contribution in [2.75, 3.05) is 19.8 Å². The average Bonchev–Trinajstić information content (AvgIpc) is 2.58. The van der Waals surface area contributed by atoms with Crippen LogP contribution in [0.1, 0.15) is 78.1 Å². The Labute approximate surface area is 140 Å². The molecule has 1 aliphatic rings. The van der Waals surface area contributed by atoms with Gasteiger partial charge >= 0.3 is 12.1 Å². The average molecular weight is 327 g/mol. The van der Waals surface area contributed by atoms with E-state index in [1.165, 1.54) is 19.3 Å². The SMILES string of the molecule is CCCCCCCOC(=O)C1CCCCN1C(=O)OCCCC. The van der Waals surface area contributed by atoms with Crippen molar-refractivity contribution < 1.29 is 19.1 Å². The van der Waals surface area contributed by atoms with Gasteiger partial charge in [-0.15, -0.1) is 0 Å². The third-order valence-corrected chi connectivity index (χ3v) is 4.23. The number of rotatable bonds is 10. The zero-order chi connectivity index (χ0) is 16.9. The van der Waals surface area contributed by atoms with E-state index < -0.39 is 6.04 Å². The summed E-state index contributed by atoms with van der Waals surface area (Å²) in [6.45, 7) is 5.69. The van der Waals surface area contributed by atoms with Gasteiger partial charge in [0, 0.05) is 6.54 Å². The summed E-state index contributed by atoms with van der Waals surface area (Å²) in [7, 11) is 0. The quantitative estimate of drug-likeness (QED) is 0.443. The van der Waals surface area contributed by atoms with Crippen molar-refractivity contribution in [3.63, 3.8) is 0 Å². The van der Waals surface area contributed by atoms with E-state index in [4.69, 9.17) is 9.47 Å². The molecule has 0 spiro atoms. The molecule has 0 saturated carbocycles. The lowest BCUT2D eigenvalue weighted by Crippen LogP contribution is -2.49. The lowest BCUT2D eigenvalue weighted by Gasteiger charge is -2.33. The summed E-state index contributed by atoms with van der Waals surface area (Å²) < 4.78 is 10.6. The third-order valence-electron chi connectivity index (χ3n) is 4.23. The molecular formula is C18H33NO4. The molecule has 1 rings (SSSR count). The van der Waals surface area contributed by atoms with Crippen LogP contribution in [-0.4, -0.2) is 42.8 Å². The molecule has 5 nitrogen and oxygen atoms in total. The molecule has 0 aliphatic carbocycles. The minimum Gasteiger partial charge on any atom is -0.464 e. The number of piperidine rings is 1. The van der Waals surface area contributed by atoms with Gasteiger partial charge in [-0.1, -0.05) is 46.0 Å². The van der Waals surface area contributed by atoms with Gasteiger partial charge in [-0.25, -0.2) is 9.59 Å². The number of hydrogen-bond acceptors (Lipinski definition) is 4. The molecule has 1 saturated heterocycles. The van der Waals surface area contributed by atoms with E-state index in [1.54, 1.807) is 4.90 Å². The van der Waals surface area contributed by atoms with Gasteiger partial charge < -0.3 is 9.47 Å². The number of ether oxygens (including phenoxy) is 2. The summed E-state index contributed by atoms with van der Waals surface area (Å²) in [5.74, 6) is -0.271. The van der Waals surface area contributed by atoms with Gasteiger partial charge in [-0.05, 0) is 32.1 Å². The fourth-order valence-corrected chi connectivity index (χ4v) is 2.76. The van der Waals surface area contributed by atoms with Gasteiger partial charge in [0.05, 0.1) is 13.2 Å². The molecule has 0 N–H and O–H groups in total. The second-order valence-electron chi connectivity index (χ2n) is 6.25. The molecular weight excluding hydrogens is 294 g/mol. The van der Waals surface area contributed by atoms with Crippen LogP contribution < -0.4 is 0 Å². The summed E-state index contributed by atoms with van der Waals surface area (Å²) in [5.41, 5.74) is 0. The summed E-state index contributed by atoms with van der Waals surface area (Å²) in [5, 5.41) is 0. The van der Waals surface area contributed by atoms with Gasteiger partial charge in [0.2, 0.25) is 0 Å². The molecule has 0 bridgehead atoms. The van der Waals surface area contributed by atoms with Crippen molar-refractivity contribution in [1.82, 2.24) is 4.90 Å². The van der Waals surface area contributed by atoms with E-state index in [0.29, 0.717) is 26.2 Å². The normalized spacial score (nSPS) is 17.8. The number of carbonyl (C=O) groups is 2. The fourth-order valence-electron chi connectivity index (χ4n) is 2.76. The van der Waals surface area contributed by atoms with E-state index in [1.807, 2.05) is 0 Å². The first-order valence-electron chi connectivity index (χ1n) is 9.30. The molecule has 0 aromatic rings. The smallest absolute Gasteiger partial charge is 0.410 e. The van der Waals surface area contributed by atoms with Gasteiger partial charge in [0.15, 0.2) is 0 Å². The number of unbranched alkanes of at least 4 members (excludes halogenated alkanes) is 5. The predicted octanol–water partition coefficient (Wildman–Crippen LogP) is 4.29. The minimum atomic E-state index is -0.464. The molecule has 134 valence electrons. The number of likely N-dealkylation sites (tertiary alicyclic amines) is 1. The molecule has 1 amide bonds. The highest BCUT2D eigenvalue weighted by Gasteiger charge is 2.34. The molecule has 1 aliphatic heterocycles. The molecule has 23 heavy (non-hydrogen) atoms. The van der Waals surface area contributed by atoms with E-state index in [2.05, 4.69) is 13.8 Å². The molecule has 5 heteroatoms. The Kier molecular flexibility index (Phi) is 10.5. The van der Waals surface area contributed by atoms with E-state index in [-0.39, 0.29) is 12.1 Å². The van der Waals surface area contributed by atoms with Crippen LogP contribution in [0.15, 0.2) is 0 Å². The van der Waals surface area contributed by atoms with Crippen molar-refractivity contribution in [2.45, 2.75) is 84.1 Å². The Balaban J connectivity index is 2.34. The summed E-state index contributed by atoms with van der Waals surface area (Å²) in [4.78, 5) is 25.9. The third kappa shape index (κ3) is 7.71. The summed E-state index contributed by atoms with van der Waals surface area (Å²) in [6.07, 6.45) is 9.63. The molecule has 0 radical (unpaired) electrons. The van der Waals surface area contributed by atoms with Crippen molar-refractivity contribution in [1.29, 1.82) is 0 Å². The highest BCUT2D eigenvalue weighted by atomic mass is 16.6. The maximum Gasteiger partial charge on any atom is 0.410 e. The monoisotopic (exact) mass is 327 g/mol. The van der Waals surface area contributed by atoms with Crippen molar-refractivity contribution in [2.24, 2.45) is 0 Å². The van der Waals surface area contributed by atoms with Crippen molar-refractivity contribution in [3.05, 3.63) is 0 Å². The van der Waals surface area contributed by atoms with Crippen LogP contribution in [0, 0.1) is 0 Å². The second-order valence-corrected chi connectivity index (χ2v) is 6.25. The zero-order valence-electron chi connectivity index (χ0n) is 14.8. The van der Waals surface area contributed by atoms with E-state index >= 15 is 0 Å². The molecule has 1 atom stereocenters. The van der Waals surface area contributed by atoms with Gasteiger partial charge in [-0.2, -0.15) is 0 Å². The Bertz CT molecular complexity index is 346. The van der Waals surface area contributed by atoms with Crippen LogP contribution >= 0.6 is 0 Å². The molecule has 1 unspecified atom stereocenters. The van der Waals surface area contributed by atoms with Crippen LogP contribution in [0.2, 0.25) is 0 Å². The van der Waals surface area contributed by atoms with Crippen LogP contribution in [0.25, 0.3) is 0 Å². The molecule has 1 heterocycles. The summed E-state index contributed by atoms with van der Waals surface area (Å²) in [6, 6.07) is -0.464. The lowest BCUT2D eigenvalue weighted by atomic mass is 10.0. The van der Waals surface area contributed by atoms with E-state index in [9.17, 15) is 9.59 Å². The largest absolute Gasteiger partial charge is 0.464 e. The lowest BCUT2D eigenvalue weighted by molar-refractivity contribution is -0.150. The molecule has 1 fully saturated rings. The van der Waals surface area contributed by atoms with Crippen molar-refractivity contribution in [3.8, 4) is 0 Å². The maximum atomic E-state index is 12.3. The van der Waals surface area contributed by atoms with Crippen LogP contribution in [0.3, 0.4) is 0 Å². The molecule has 0 aromatic heterocycles. The Hall–Kier alpha value is -1.26. The van der Waals surface area contributed by atoms with Crippen molar-refractivity contribution >= 4 is 12.1 Å². The van der Waals surface area contributed by atoms with Crippen LogP contribution in [0.5, 0.6) is 0 Å². The number of esters is 1. The Morgan fingerprint density at radius 2 is 1.61 bits per heavy atom. The van der Waals surface area contributed by atoms with Gasteiger partial charge in [-0.3, -0.25) is 4.90 Å². The standard InChI is InChI=1S/C18H33NO4/c1-3-5-7-8-11-15-22-17(20)16-12-9-10-13-19(16)18(21)23-14-6-4-2/h16H,3-15H2,1-2H3. The summed E-state index contributed by atoms with van der Waals surface area (Å²) >= 11 is 0. The molecule has 0 aromatic carbocycles. The number of hydrogen-bond donors (Lipinski definition) is 0. The number of carbonyl (C=O) groups excluding carboxylic acids is 2. The number of nitrogens with zero attached hydrogens (tertiary/aromatic N) is 1. The minimum absolute atomic E-state index is 0.271. The first-order chi connectivity index (χ1) is 11.2. The first-order valence-corrected chi connectivity index (χ1v) is 9.30. The Morgan fingerprint density at radius 3 is 2.35 bits per heavy atom. The van der Waals surface area contributed by atoms with E-state index in [0.717, 1.165) is 38.5 Å². The second kappa shape index (κ2) is 12.2. The topological polar surface area (TPSA) is 55.8 Å². The van der Waals surface area contributed by atoms with Gasteiger partial charge in [0.25, 0.3) is 0 Å². The first kappa shape index (κ1) is 19.8. The van der Waals surface area contributed by atoms with Crippen LogP contribution in [-0.2, 0) is 14.3 Å². The predicted molar refractivity (Wildman–Crippen MR) is 90.3 cm³/mol. The highest BCUT2D eigenvalue weighted by Crippen LogP contribution is 2.19. The zero-order valence-corrected chi connectivity index (χ0v) is 14.8.